The SMILES string of the molecule is C[CH]CC(C)Oc1ccccc1. The lowest BCUT2D eigenvalue weighted by Gasteiger charge is -2.12. The minimum atomic E-state index is 0.275. The van der Waals surface area contributed by atoms with Crippen molar-refractivity contribution in [2.24, 2.45) is 0 Å². The van der Waals surface area contributed by atoms with Crippen LogP contribution in [0, 0.1) is 6.42 Å². The maximum atomic E-state index is 5.62. The van der Waals surface area contributed by atoms with Crippen LogP contribution < -0.4 is 4.74 Å². The predicted octanol–water partition coefficient (Wildman–Crippen LogP) is 3.07. The van der Waals surface area contributed by atoms with Crippen LogP contribution in [-0.4, -0.2) is 6.10 Å². The molecule has 1 atom stereocenters. The highest BCUT2D eigenvalue weighted by molar-refractivity contribution is 5.21. The first-order chi connectivity index (χ1) is 5.83. The van der Waals surface area contributed by atoms with Crippen molar-refractivity contribution in [2.75, 3.05) is 0 Å². The van der Waals surface area contributed by atoms with Crippen LogP contribution in [0.3, 0.4) is 0 Å². The minimum absolute atomic E-state index is 0.275. The third-order valence-electron chi connectivity index (χ3n) is 1.65. The first-order valence-electron chi connectivity index (χ1n) is 4.32. The van der Waals surface area contributed by atoms with Crippen LogP contribution >= 0.6 is 0 Å². The van der Waals surface area contributed by atoms with Gasteiger partial charge in [0.15, 0.2) is 0 Å². The van der Waals surface area contributed by atoms with Crippen molar-refractivity contribution in [2.45, 2.75) is 26.4 Å². The van der Waals surface area contributed by atoms with E-state index in [2.05, 4.69) is 13.3 Å². The third kappa shape index (κ3) is 2.95. The van der Waals surface area contributed by atoms with E-state index in [0.29, 0.717) is 0 Å². The molecule has 1 heteroatoms. The van der Waals surface area contributed by atoms with E-state index in [-0.39, 0.29) is 6.10 Å². The fraction of sp³-hybridized carbons (Fsp3) is 0.364. The van der Waals surface area contributed by atoms with Crippen molar-refractivity contribution in [3.63, 3.8) is 0 Å². The van der Waals surface area contributed by atoms with E-state index in [9.17, 15) is 0 Å². The molecule has 0 fully saturated rings. The van der Waals surface area contributed by atoms with Crippen LogP contribution in [0.2, 0.25) is 0 Å². The number of benzene rings is 1. The van der Waals surface area contributed by atoms with Crippen LogP contribution in [0.4, 0.5) is 0 Å². The van der Waals surface area contributed by atoms with E-state index in [4.69, 9.17) is 4.74 Å². The second kappa shape index (κ2) is 4.81. The molecule has 0 bridgehead atoms. The Morgan fingerprint density at radius 2 is 2.00 bits per heavy atom. The summed E-state index contributed by atoms with van der Waals surface area (Å²) in [6.07, 6.45) is 3.39. The molecular weight excluding hydrogens is 148 g/mol. The van der Waals surface area contributed by atoms with E-state index in [1.807, 2.05) is 37.3 Å². The number of hydrogen-bond acceptors (Lipinski definition) is 1. The summed E-state index contributed by atoms with van der Waals surface area (Å²) in [6.45, 7) is 4.12. The van der Waals surface area contributed by atoms with Gasteiger partial charge in [0, 0.05) is 0 Å². The highest BCUT2D eigenvalue weighted by atomic mass is 16.5. The van der Waals surface area contributed by atoms with E-state index in [0.717, 1.165) is 12.2 Å². The number of ether oxygens (including phenoxy) is 1. The Kier molecular flexibility index (Phi) is 3.65. The lowest BCUT2D eigenvalue weighted by molar-refractivity contribution is 0.221. The maximum Gasteiger partial charge on any atom is 0.119 e. The van der Waals surface area contributed by atoms with Crippen molar-refractivity contribution < 1.29 is 4.74 Å². The van der Waals surface area contributed by atoms with Gasteiger partial charge >= 0.3 is 0 Å². The van der Waals surface area contributed by atoms with Crippen LogP contribution in [0.25, 0.3) is 0 Å². The van der Waals surface area contributed by atoms with Gasteiger partial charge in [-0.15, -0.1) is 0 Å². The molecule has 65 valence electrons. The number of hydrogen-bond donors (Lipinski definition) is 0. The summed E-state index contributed by atoms with van der Waals surface area (Å²) in [5.74, 6) is 0.951. The molecule has 1 rings (SSSR count). The summed E-state index contributed by atoms with van der Waals surface area (Å²) in [4.78, 5) is 0. The van der Waals surface area contributed by atoms with Crippen molar-refractivity contribution >= 4 is 0 Å². The Morgan fingerprint density at radius 1 is 1.33 bits per heavy atom. The van der Waals surface area contributed by atoms with Crippen LogP contribution in [0.5, 0.6) is 5.75 Å². The molecule has 1 unspecified atom stereocenters. The molecule has 0 aliphatic rings. The number of para-hydroxylation sites is 1. The molecule has 0 amide bonds. The summed E-state index contributed by atoms with van der Waals surface area (Å²) >= 11 is 0. The molecule has 0 N–H and O–H groups in total. The quantitative estimate of drug-likeness (QED) is 0.662. The first kappa shape index (κ1) is 9.11. The maximum absolute atomic E-state index is 5.62. The lowest BCUT2D eigenvalue weighted by Crippen LogP contribution is -2.10. The second-order valence-corrected chi connectivity index (χ2v) is 2.89. The van der Waals surface area contributed by atoms with E-state index >= 15 is 0 Å². The summed E-state index contributed by atoms with van der Waals surface area (Å²) in [5, 5.41) is 0. The molecule has 1 aromatic rings. The van der Waals surface area contributed by atoms with Gasteiger partial charge in [0.05, 0.1) is 6.10 Å². The molecule has 0 saturated carbocycles. The molecule has 0 aliphatic heterocycles. The fourth-order valence-corrected chi connectivity index (χ4v) is 1.11. The van der Waals surface area contributed by atoms with Crippen molar-refractivity contribution in [3.05, 3.63) is 36.8 Å². The fourth-order valence-electron chi connectivity index (χ4n) is 1.11. The summed E-state index contributed by atoms with van der Waals surface area (Å²) in [6, 6.07) is 9.91. The second-order valence-electron chi connectivity index (χ2n) is 2.89. The van der Waals surface area contributed by atoms with Gasteiger partial charge in [-0.25, -0.2) is 0 Å². The van der Waals surface area contributed by atoms with Gasteiger partial charge in [-0.05, 0) is 31.9 Å². The summed E-state index contributed by atoms with van der Waals surface area (Å²) in [5.41, 5.74) is 0. The molecule has 0 spiro atoms. The Balaban J connectivity index is 2.41. The lowest BCUT2D eigenvalue weighted by atomic mass is 10.2. The largest absolute Gasteiger partial charge is 0.491 e. The third-order valence-corrected chi connectivity index (χ3v) is 1.65. The Morgan fingerprint density at radius 3 is 2.58 bits per heavy atom. The average molecular weight is 163 g/mol. The van der Waals surface area contributed by atoms with Gasteiger partial charge < -0.3 is 4.74 Å². The highest BCUT2D eigenvalue weighted by Crippen LogP contribution is 2.12. The molecule has 0 aliphatic carbocycles. The normalized spacial score (nSPS) is 12.5. The predicted molar refractivity (Wildman–Crippen MR) is 51.1 cm³/mol. The standard InChI is InChI=1S/C11H15O/c1-3-7-10(2)12-11-8-5-4-6-9-11/h3-6,8-10H,7H2,1-2H3. The summed E-state index contributed by atoms with van der Waals surface area (Å²) in [7, 11) is 0. The van der Waals surface area contributed by atoms with Crippen molar-refractivity contribution in [1.82, 2.24) is 0 Å². The molecular formula is C11H15O. The zero-order chi connectivity index (χ0) is 8.81. The van der Waals surface area contributed by atoms with E-state index in [1.54, 1.807) is 0 Å². The molecule has 1 aromatic carbocycles. The van der Waals surface area contributed by atoms with Crippen molar-refractivity contribution in [3.8, 4) is 5.75 Å². The summed E-state index contributed by atoms with van der Waals surface area (Å²) < 4.78 is 5.62. The first-order valence-corrected chi connectivity index (χ1v) is 4.32. The Bertz CT molecular complexity index is 206. The van der Waals surface area contributed by atoms with Crippen LogP contribution in [-0.2, 0) is 0 Å². The zero-order valence-corrected chi connectivity index (χ0v) is 7.66. The smallest absolute Gasteiger partial charge is 0.119 e. The van der Waals surface area contributed by atoms with Crippen LogP contribution in [0.15, 0.2) is 30.3 Å². The van der Waals surface area contributed by atoms with Gasteiger partial charge in [-0.3, -0.25) is 0 Å². The van der Waals surface area contributed by atoms with E-state index in [1.165, 1.54) is 0 Å². The topological polar surface area (TPSA) is 9.23 Å². The minimum Gasteiger partial charge on any atom is -0.491 e. The molecule has 12 heavy (non-hydrogen) atoms. The molecule has 0 saturated heterocycles. The zero-order valence-electron chi connectivity index (χ0n) is 7.66. The molecule has 0 heterocycles. The van der Waals surface area contributed by atoms with E-state index < -0.39 is 0 Å². The van der Waals surface area contributed by atoms with Crippen molar-refractivity contribution in [1.29, 1.82) is 0 Å². The monoisotopic (exact) mass is 163 g/mol. The molecule has 1 radical (unpaired) electrons. The van der Waals surface area contributed by atoms with Gasteiger partial charge in [-0.1, -0.05) is 25.1 Å². The average Bonchev–Trinajstić information content (AvgIpc) is 2.06. The Labute approximate surface area is 74.4 Å². The molecule has 0 aromatic heterocycles. The van der Waals surface area contributed by atoms with Gasteiger partial charge in [0.2, 0.25) is 0 Å². The van der Waals surface area contributed by atoms with Gasteiger partial charge in [0.1, 0.15) is 5.75 Å². The highest BCUT2D eigenvalue weighted by Gasteiger charge is 2.00. The van der Waals surface area contributed by atoms with Gasteiger partial charge in [0.25, 0.3) is 0 Å². The van der Waals surface area contributed by atoms with Gasteiger partial charge in [-0.2, -0.15) is 0 Å². The van der Waals surface area contributed by atoms with Crippen LogP contribution in [0.1, 0.15) is 20.3 Å². The Hall–Kier alpha value is -0.980. The number of rotatable bonds is 4. The molecule has 1 nitrogen and oxygen atoms in total.